The van der Waals surface area contributed by atoms with Crippen molar-refractivity contribution < 1.29 is 19.1 Å². The van der Waals surface area contributed by atoms with Crippen LogP contribution in [0.25, 0.3) is 0 Å². The molecule has 144 valence electrons. The van der Waals surface area contributed by atoms with Crippen LogP contribution in [-0.4, -0.2) is 25.5 Å². The van der Waals surface area contributed by atoms with E-state index < -0.39 is 5.97 Å². The zero-order valence-electron chi connectivity index (χ0n) is 16.7. The van der Waals surface area contributed by atoms with E-state index >= 15 is 0 Å². The molecule has 2 rings (SSSR count). The maximum atomic E-state index is 12.6. The Hall–Kier alpha value is -2.62. The van der Waals surface area contributed by atoms with Gasteiger partial charge in [0.2, 0.25) is 0 Å². The first-order valence-corrected chi connectivity index (χ1v) is 9.19. The number of methoxy groups -OCH3 is 1. The molecule has 0 aliphatic rings. The fourth-order valence-electron chi connectivity index (χ4n) is 2.77. The van der Waals surface area contributed by atoms with Crippen molar-refractivity contribution in [2.24, 2.45) is 5.92 Å². The third-order valence-electron chi connectivity index (χ3n) is 4.59. The number of carbonyl (C=O) groups excluding carboxylic acids is 2. The molecular weight excluding hydrogens is 340 g/mol. The second-order valence-electron chi connectivity index (χ2n) is 7.72. The minimum atomic E-state index is -0.443. The van der Waals surface area contributed by atoms with Crippen LogP contribution in [0.5, 0.6) is 5.75 Å². The molecule has 0 heterocycles. The van der Waals surface area contributed by atoms with Crippen LogP contribution in [-0.2, 0) is 10.2 Å². The number of Topliss-reactive ketones (excluding diaryl/α,β-unsaturated/α-hetero) is 1. The molecule has 0 aromatic heterocycles. The Labute approximate surface area is 161 Å². The molecule has 0 bridgehead atoms. The van der Waals surface area contributed by atoms with Gasteiger partial charge in [-0.2, -0.15) is 0 Å². The molecule has 0 saturated carbocycles. The summed E-state index contributed by atoms with van der Waals surface area (Å²) < 4.78 is 10.5. The van der Waals surface area contributed by atoms with Gasteiger partial charge in [0.1, 0.15) is 11.3 Å². The van der Waals surface area contributed by atoms with Crippen LogP contribution in [0.3, 0.4) is 0 Å². The summed E-state index contributed by atoms with van der Waals surface area (Å²) in [4.78, 5) is 24.8. The fourth-order valence-corrected chi connectivity index (χ4v) is 2.77. The Bertz CT molecular complexity index is 785. The van der Waals surface area contributed by atoms with E-state index in [0.29, 0.717) is 23.3 Å². The van der Waals surface area contributed by atoms with Crippen molar-refractivity contribution in [1.82, 2.24) is 0 Å². The molecule has 1 atom stereocenters. The summed E-state index contributed by atoms with van der Waals surface area (Å²) >= 11 is 0. The van der Waals surface area contributed by atoms with E-state index in [1.807, 2.05) is 31.2 Å². The first kappa shape index (κ1) is 20.7. The van der Waals surface area contributed by atoms with Crippen LogP contribution in [0, 0.1) is 5.92 Å². The van der Waals surface area contributed by atoms with Crippen molar-refractivity contribution in [3.8, 4) is 5.75 Å². The molecule has 0 N–H and O–H groups in total. The van der Waals surface area contributed by atoms with Crippen molar-refractivity contribution in [3.63, 3.8) is 0 Å². The van der Waals surface area contributed by atoms with Crippen molar-refractivity contribution in [1.29, 1.82) is 0 Å². The first-order chi connectivity index (χ1) is 12.7. The number of rotatable bonds is 7. The molecule has 2 aromatic rings. The molecule has 2 aromatic carbocycles. The second kappa shape index (κ2) is 8.85. The van der Waals surface area contributed by atoms with Crippen molar-refractivity contribution in [2.45, 2.75) is 39.5 Å². The van der Waals surface area contributed by atoms with Crippen molar-refractivity contribution >= 4 is 11.8 Å². The summed E-state index contributed by atoms with van der Waals surface area (Å²) in [6, 6.07) is 14.7. The van der Waals surface area contributed by atoms with E-state index in [0.717, 1.165) is 0 Å². The number of esters is 1. The Kier molecular flexibility index (Phi) is 6.78. The van der Waals surface area contributed by atoms with Crippen molar-refractivity contribution in [3.05, 3.63) is 65.2 Å². The van der Waals surface area contributed by atoms with Gasteiger partial charge in [-0.1, -0.05) is 64.1 Å². The molecule has 4 nitrogen and oxygen atoms in total. The molecule has 0 aliphatic heterocycles. The van der Waals surface area contributed by atoms with E-state index in [9.17, 15) is 9.59 Å². The highest BCUT2D eigenvalue weighted by Gasteiger charge is 2.19. The zero-order chi connectivity index (χ0) is 20.0. The predicted molar refractivity (Wildman–Crippen MR) is 107 cm³/mol. The molecule has 0 spiro atoms. The van der Waals surface area contributed by atoms with Gasteiger partial charge in [0.05, 0.1) is 13.7 Å². The summed E-state index contributed by atoms with van der Waals surface area (Å²) in [6.45, 7) is 8.47. The highest BCUT2D eigenvalue weighted by molar-refractivity contribution is 5.97. The van der Waals surface area contributed by atoms with Crippen LogP contribution in [0.2, 0.25) is 0 Å². The molecule has 27 heavy (non-hydrogen) atoms. The Balaban J connectivity index is 1.90. The second-order valence-corrected chi connectivity index (χ2v) is 7.72. The summed E-state index contributed by atoms with van der Waals surface area (Å²) in [5.41, 5.74) is 2.32. The lowest BCUT2D eigenvalue weighted by molar-refractivity contribution is 0.0474. The largest absolute Gasteiger partial charge is 0.496 e. The molecule has 0 radical (unpaired) electrons. The van der Waals surface area contributed by atoms with E-state index in [2.05, 4.69) is 20.8 Å². The molecule has 0 amide bonds. The molecule has 0 aliphatic carbocycles. The van der Waals surface area contributed by atoms with Gasteiger partial charge in [-0.15, -0.1) is 0 Å². The van der Waals surface area contributed by atoms with Gasteiger partial charge < -0.3 is 9.47 Å². The highest BCUT2D eigenvalue weighted by atomic mass is 16.5. The third kappa shape index (κ3) is 5.43. The lowest BCUT2D eigenvalue weighted by Crippen LogP contribution is -2.16. The smallest absolute Gasteiger partial charge is 0.341 e. The van der Waals surface area contributed by atoms with Gasteiger partial charge in [-0.05, 0) is 29.5 Å². The maximum absolute atomic E-state index is 12.6. The summed E-state index contributed by atoms with van der Waals surface area (Å²) in [5.74, 6) is -0.132. The van der Waals surface area contributed by atoms with Crippen LogP contribution < -0.4 is 4.74 Å². The maximum Gasteiger partial charge on any atom is 0.341 e. The van der Waals surface area contributed by atoms with Gasteiger partial charge in [0.15, 0.2) is 5.78 Å². The molecule has 0 fully saturated rings. The van der Waals surface area contributed by atoms with Gasteiger partial charge in [0.25, 0.3) is 0 Å². The van der Waals surface area contributed by atoms with Gasteiger partial charge >= 0.3 is 5.97 Å². The van der Waals surface area contributed by atoms with Gasteiger partial charge in [0, 0.05) is 11.5 Å². The van der Waals surface area contributed by atoms with Gasteiger partial charge in [-0.3, -0.25) is 4.79 Å². The zero-order valence-corrected chi connectivity index (χ0v) is 16.7. The first-order valence-electron chi connectivity index (χ1n) is 9.19. The number of benzene rings is 2. The number of hydrogen-bond acceptors (Lipinski definition) is 4. The monoisotopic (exact) mass is 368 g/mol. The molecule has 0 unspecified atom stereocenters. The van der Waals surface area contributed by atoms with E-state index in [4.69, 9.17) is 9.47 Å². The van der Waals surface area contributed by atoms with E-state index in [1.54, 1.807) is 24.3 Å². The summed E-state index contributed by atoms with van der Waals surface area (Å²) in [6.07, 6.45) is 0.473. The number of ether oxygens (including phenoxy) is 2. The topological polar surface area (TPSA) is 52.6 Å². The lowest BCUT2D eigenvalue weighted by atomic mass is 9.86. The molecule has 0 saturated heterocycles. The average molecular weight is 368 g/mol. The summed E-state index contributed by atoms with van der Waals surface area (Å²) in [5, 5.41) is 0. The van der Waals surface area contributed by atoms with Crippen LogP contribution >= 0.6 is 0 Å². The standard InChI is InChI=1S/C23H28O4/c1-16(21(24)17-10-12-18(13-11-17)23(2,3)4)14-15-27-22(25)19-8-6-7-9-20(19)26-5/h6-13,16H,14-15H2,1-5H3/t16-/m1/s1. The average Bonchev–Trinajstić information content (AvgIpc) is 2.66. The Morgan fingerprint density at radius 2 is 1.63 bits per heavy atom. The minimum absolute atomic E-state index is 0.0554. The SMILES string of the molecule is COc1ccccc1C(=O)OCC[C@@H](C)C(=O)c1ccc(C(C)(C)C)cc1. The minimum Gasteiger partial charge on any atom is -0.496 e. The number of ketones is 1. The number of para-hydroxylation sites is 1. The van der Waals surface area contributed by atoms with E-state index in [1.165, 1.54) is 12.7 Å². The lowest BCUT2D eigenvalue weighted by Gasteiger charge is -2.19. The van der Waals surface area contributed by atoms with Crippen LogP contribution in [0.15, 0.2) is 48.5 Å². The third-order valence-corrected chi connectivity index (χ3v) is 4.59. The van der Waals surface area contributed by atoms with Crippen LogP contribution in [0.1, 0.15) is 60.4 Å². The predicted octanol–water partition coefficient (Wildman–Crippen LogP) is 5.06. The Morgan fingerprint density at radius 1 is 1.00 bits per heavy atom. The molecular formula is C23H28O4. The normalized spacial score (nSPS) is 12.3. The number of carbonyl (C=O) groups is 2. The summed E-state index contributed by atoms with van der Waals surface area (Å²) in [7, 11) is 1.51. The highest BCUT2D eigenvalue weighted by Crippen LogP contribution is 2.23. The fraction of sp³-hybridized carbons (Fsp3) is 0.391. The molecule has 4 heteroatoms. The van der Waals surface area contributed by atoms with Gasteiger partial charge in [-0.25, -0.2) is 4.79 Å². The number of hydrogen-bond donors (Lipinski definition) is 0. The quantitative estimate of drug-likeness (QED) is 0.506. The van der Waals surface area contributed by atoms with Crippen LogP contribution in [0.4, 0.5) is 0 Å². The Morgan fingerprint density at radius 3 is 2.22 bits per heavy atom. The van der Waals surface area contributed by atoms with Crippen molar-refractivity contribution in [2.75, 3.05) is 13.7 Å². The van der Waals surface area contributed by atoms with E-state index in [-0.39, 0.29) is 23.7 Å².